The second-order valence-electron chi connectivity index (χ2n) is 8.19. The number of nitrogens with one attached hydrogen (secondary N) is 1. The Morgan fingerprint density at radius 1 is 1.21 bits per heavy atom. The van der Waals surface area contributed by atoms with Crippen LogP contribution in [0.2, 0.25) is 0 Å². The van der Waals surface area contributed by atoms with E-state index in [0.717, 1.165) is 10.8 Å². The largest absolute Gasteiger partial charge is 0.463 e. The number of ether oxygens (including phenoxy) is 3. The Morgan fingerprint density at radius 2 is 1.91 bits per heavy atom. The molecular weight excluding hydrogens is 440 g/mol. The van der Waals surface area contributed by atoms with Crippen LogP contribution in [0.1, 0.15) is 32.1 Å². The van der Waals surface area contributed by atoms with E-state index in [-0.39, 0.29) is 13.0 Å². The lowest BCUT2D eigenvalue weighted by atomic mass is 10.1. The van der Waals surface area contributed by atoms with Crippen molar-refractivity contribution >= 4 is 39.9 Å². The topological polar surface area (TPSA) is 135 Å². The Hall–Kier alpha value is -3.92. The van der Waals surface area contributed by atoms with E-state index in [1.807, 2.05) is 36.4 Å². The molecule has 1 aliphatic rings. The average molecular weight is 466 g/mol. The van der Waals surface area contributed by atoms with E-state index in [0.29, 0.717) is 22.8 Å². The van der Waals surface area contributed by atoms with Crippen molar-refractivity contribution in [2.24, 2.45) is 0 Å². The van der Waals surface area contributed by atoms with Gasteiger partial charge in [-0.15, -0.1) is 0 Å². The maximum absolute atomic E-state index is 12.9. The standard InChI is InChI=1S/C24H26N4O6/c1-13-11-28(22-10-20(33-15(3)30)21(34-22)12-32-14(2)29)24(31)27-23(13)26-19-9-17-7-5-4-6-16(17)8-18(19)25/h4-9,11,20-22H,10,12,25H2,1-3H3,(H,26,27,31)/t20-,21+,22+/m0/s1. The van der Waals surface area contributed by atoms with E-state index < -0.39 is 36.1 Å². The van der Waals surface area contributed by atoms with Gasteiger partial charge in [-0.25, -0.2) is 4.79 Å². The summed E-state index contributed by atoms with van der Waals surface area (Å²) in [5.41, 5.74) is 7.50. The third-order valence-corrected chi connectivity index (χ3v) is 5.56. The summed E-state index contributed by atoms with van der Waals surface area (Å²) in [7, 11) is 0. The highest BCUT2D eigenvalue weighted by Crippen LogP contribution is 2.32. The van der Waals surface area contributed by atoms with Crippen LogP contribution < -0.4 is 16.7 Å². The minimum absolute atomic E-state index is 0.0914. The number of esters is 2. The number of rotatable bonds is 6. The zero-order valence-corrected chi connectivity index (χ0v) is 19.1. The Labute approximate surface area is 195 Å². The lowest BCUT2D eigenvalue weighted by Crippen LogP contribution is -2.31. The lowest BCUT2D eigenvalue weighted by Gasteiger charge is -2.18. The van der Waals surface area contributed by atoms with Crippen LogP contribution in [0.3, 0.4) is 0 Å². The van der Waals surface area contributed by atoms with Gasteiger partial charge in [0.05, 0.1) is 11.4 Å². The van der Waals surface area contributed by atoms with Crippen molar-refractivity contribution in [2.75, 3.05) is 17.7 Å². The zero-order chi connectivity index (χ0) is 24.4. The molecule has 1 aromatic heterocycles. The Morgan fingerprint density at radius 3 is 2.59 bits per heavy atom. The van der Waals surface area contributed by atoms with Crippen molar-refractivity contribution in [3.05, 3.63) is 58.6 Å². The van der Waals surface area contributed by atoms with Crippen LogP contribution in [0.25, 0.3) is 10.8 Å². The fourth-order valence-corrected chi connectivity index (χ4v) is 3.95. The van der Waals surface area contributed by atoms with Crippen LogP contribution in [0.5, 0.6) is 0 Å². The number of aryl methyl sites for hydroxylation is 1. The zero-order valence-electron chi connectivity index (χ0n) is 19.1. The molecular formula is C24H26N4O6. The predicted molar refractivity (Wildman–Crippen MR) is 126 cm³/mol. The molecule has 0 unspecified atom stereocenters. The predicted octanol–water partition coefficient (Wildman–Crippen LogP) is 2.81. The van der Waals surface area contributed by atoms with E-state index in [2.05, 4.69) is 10.3 Å². The third kappa shape index (κ3) is 5.01. The molecule has 1 saturated heterocycles. The van der Waals surface area contributed by atoms with Crippen molar-refractivity contribution in [3.63, 3.8) is 0 Å². The smallest absolute Gasteiger partial charge is 0.351 e. The van der Waals surface area contributed by atoms with E-state index in [1.54, 1.807) is 13.1 Å². The Kier molecular flexibility index (Phi) is 6.51. The first kappa shape index (κ1) is 23.2. The van der Waals surface area contributed by atoms with Gasteiger partial charge in [0.1, 0.15) is 30.9 Å². The minimum Gasteiger partial charge on any atom is -0.463 e. The van der Waals surface area contributed by atoms with E-state index in [1.165, 1.54) is 18.4 Å². The fourth-order valence-electron chi connectivity index (χ4n) is 3.95. The molecule has 178 valence electrons. The second-order valence-corrected chi connectivity index (χ2v) is 8.19. The number of hydrogen-bond acceptors (Lipinski definition) is 9. The Balaban J connectivity index is 1.58. The van der Waals surface area contributed by atoms with Crippen LogP contribution in [0, 0.1) is 6.92 Å². The van der Waals surface area contributed by atoms with Crippen LogP contribution in [-0.4, -0.2) is 40.3 Å². The molecule has 0 spiro atoms. The number of hydrogen-bond donors (Lipinski definition) is 2. The first-order valence-corrected chi connectivity index (χ1v) is 10.8. The molecule has 10 nitrogen and oxygen atoms in total. The van der Waals surface area contributed by atoms with Gasteiger partial charge in [0, 0.05) is 32.0 Å². The molecule has 0 radical (unpaired) electrons. The first-order valence-electron chi connectivity index (χ1n) is 10.8. The number of anilines is 3. The molecule has 0 amide bonds. The quantitative estimate of drug-likeness (QED) is 0.415. The summed E-state index contributed by atoms with van der Waals surface area (Å²) in [4.78, 5) is 39.7. The minimum atomic E-state index is -0.733. The molecule has 34 heavy (non-hydrogen) atoms. The van der Waals surface area contributed by atoms with Crippen LogP contribution >= 0.6 is 0 Å². The van der Waals surface area contributed by atoms with Crippen LogP contribution in [0.15, 0.2) is 47.4 Å². The van der Waals surface area contributed by atoms with E-state index >= 15 is 0 Å². The van der Waals surface area contributed by atoms with Gasteiger partial charge >= 0.3 is 17.6 Å². The maximum Gasteiger partial charge on any atom is 0.351 e. The van der Waals surface area contributed by atoms with Crippen molar-refractivity contribution in [3.8, 4) is 0 Å². The number of nitrogen functional groups attached to an aromatic ring is 1. The van der Waals surface area contributed by atoms with Gasteiger partial charge in [0.25, 0.3) is 0 Å². The number of aromatic nitrogens is 2. The van der Waals surface area contributed by atoms with Gasteiger partial charge < -0.3 is 25.3 Å². The summed E-state index contributed by atoms with van der Waals surface area (Å²) >= 11 is 0. The van der Waals surface area contributed by atoms with Gasteiger partial charge in [-0.2, -0.15) is 4.98 Å². The summed E-state index contributed by atoms with van der Waals surface area (Å²) in [5.74, 6) is -0.600. The SMILES string of the molecule is CC(=O)OC[C@H]1O[C@@H](n2cc(C)c(Nc3cc4ccccc4cc3N)nc2=O)C[C@@H]1OC(C)=O. The lowest BCUT2D eigenvalue weighted by molar-refractivity contribution is -0.155. The molecule has 3 aromatic rings. The molecule has 0 saturated carbocycles. The number of benzene rings is 2. The maximum atomic E-state index is 12.9. The molecule has 2 aromatic carbocycles. The molecule has 4 rings (SSSR count). The summed E-state index contributed by atoms with van der Waals surface area (Å²) in [6.07, 6.45) is -0.247. The highest BCUT2D eigenvalue weighted by Gasteiger charge is 2.39. The third-order valence-electron chi connectivity index (χ3n) is 5.56. The summed E-state index contributed by atoms with van der Waals surface area (Å²) in [5, 5.41) is 5.16. The van der Waals surface area contributed by atoms with Crippen molar-refractivity contribution in [1.82, 2.24) is 9.55 Å². The van der Waals surface area contributed by atoms with Gasteiger partial charge in [0.15, 0.2) is 0 Å². The number of fused-ring (bicyclic) bond motifs is 1. The highest BCUT2D eigenvalue weighted by atomic mass is 16.6. The molecule has 0 aliphatic carbocycles. The normalized spacial score (nSPS) is 19.7. The van der Waals surface area contributed by atoms with Crippen molar-refractivity contribution in [1.29, 1.82) is 0 Å². The van der Waals surface area contributed by atoms with Crippen LogP contribution in [0.4, 0.5) is 17.2 Å². The van der Waals surface area contributed by atoms with Gasteiger partial charge in [-0.3, -0.25) is 14.2 Å². The monoisotopic (exact) mass is 466 g/mol. The molecule has 3 atom stereocenters. The molecule has 0 bridgehead atoms. The second kappa shape index (κ2) is 9.52. The molecule has 1 aliphatic heterocycles. The van der Waals surface area contributed by atoms with E-state index in [9.17, 15) is 14.4 Å². The average Bonchev–Trinajstić information content (AvgIpc) is 3.16. The van der Waals surface area contributed by atoms with Gasteiger partial charge in [-0.1, -0.05) is 24.3 Å². The van der Waals surface area contributed by atoms with Crippen molar-refractivity contribution in [2.45, 2.75) is 45.6 Å². The summed E-state index contributed by atoms with van der Waals surface area (Å²) < 4.78 is 17.6. The summed E-state index contributed by atoms with van der Waals surface area (Å²) in [6.45, 7) is 4.27. The number of carbonyl (C=O) groups excluding carboxylic acids is 2. The van der Waals surface area contributed by atoms with E-state index in [4.69, 9.17) is 19.9 Å². The molecule has 1 fully saturated rings. The molecule has 2 heterocycles. The first-order chi connectivity index (χ1) is 16.2. The number of nitrogens with two attached hydrogens (primary N) is 1. The van der Waals surface area contributed by atoms with Crippen molar-refractivity contribution < 1.29 is 23.8 Å². The fraction of sp³-hybridized carbons (Fsp3) is 0.333. The molecule has 10 heteroatoms. The number of carbonyl (C=O) groups is 2. The van der Waals surface area contributed by atoms with Gasteiger partial charge in [-0.05, 0) is 29.8 Å². The molecule has 3 N–H and O–H groups in total. The van der Waals surface area contributed by atoms with Crippen LogP contribution in [-0.2, 0) is 23.8 Å². The highest BCUT2D eigenvalue weighted by molar-refractivity contribution is 5.92. The van der Waals surface area contributed by atoms with Gasteiger partial charge in [0.2, 0.25) is 0 Å². The summed E-state index contributed by atoms with van der Waals surface area (Å²) in [6, 6.07) is 11.6. The number of nitrogens with zero attached hydrogens (tertiary/aromatic N) is 2. The Bertz CT molecular complexity index is 1300.